The van der Waals surface area contributed by atoms with Crippen LogP contribution in [0.5, 0.6) is 0 Å². The van der Waals surface area contributed by atoms with Gasteiger partial charge in [0, 0.05) is 6.42 Å². The molecule has 0 aromatic carbocycles. The molecular weight excluding hydrogens is 119 g/mol. The van der Waals surface area contributed by atoms with Gasteiger partial charge in [-0.05, 0) is 12.5 Å². The fourth-order valence-electron chi connectivity index (χ4n) is 0.813. The Bertz CT molecular complexity index is 158. The predicted octanol–water partition coefficient (Wildman–Crippen LogP) is 2.16. The first-order chi connectivity index (χ1) is 4.34. The molecule has 1 aliphatic carbocycles. The van der Waals surface area contributed by atoms with Gasteiger partial charge < -0.3 is 4.74 Å². The summed E-state index contributed by atoms with van der Waals surface area (Å²) in [6.45, 7) is 0. The molecule has 0 aliphatic heterocycles. The van der Waals surface area contributed by atoms with E-state index in [0.29, 0.717) is 12.2 Å². The van der Waals surface area contributed by atoms with E-state index in [9.17, 15) is 4.39 Å². The van der Waals surface area contributed by atoms with Crippen LogP contribution in [-0.2, 0) is 4.74 Å². The summed E-state index contributed by atoms with van der Waals surface area (Å²) in [6, 6.07) is 0. The van der Waals surface area contributed by atoms with Crippen molar-refractivity contribution >= 4 is 0 Å². The summed E-state index contributed by atoms with van der Waals surface area (Å²) in [4.78, 5) is 0. The lowest BCUT2D eigenvalue weighted by atomic mass is 10.1. The smallest absolute Gasteiger partial charge is 0.160 e. The molecule has 0 spiro atoms. The van der Waals surface area contributed by atoms with E-state index in [2.05, 4.69) is 0 Å². The highest BCUT2D eigenvalue weighted by Crippen LogP contribution is 2.19. The molecule has 0 bridgehead atoms. The van der Waals surface area contributed by atoms with Crippen LogP contribution in [0.25, 0.3) is 0 Å². The molecule has 1 nitrogen and oxygen atoms in total. The number of halogens is 1. The second kappa shape index (κ2) is 2.67. The average Bonchev–Trinajstić information content (AvgIpc) is 1.89. The van der Waals surface area contributed by atoms with Crippen LogP contribution in [0.1, 0.15) is 12.8 Å². The van der Waals surface area contributed by atoms with Crippen LogP contribution in [-0.4, -0.2) is 7.11 Å². The number of hydrogen-bond acceptors (Lipinski definition) is 1. The lowest BCUT2D eigenvalue weighted by Crippen LogP contribution is -1.92. The molecule has 0 saturated carbocycles. The minimum absolute atomic E-state index is 0.233. The van der Waals surface area contributed by atoms with Gasteiger partial charge in [0.1, 0.15) is 5.76 Å². The summed E-state index contributed by atoms with van der Waals surface area (Å²) in [5.74, 6) is 0.237. The molecule has 1 rings (SSSR count). The van der Waals surface area contributed by atoms with Crippen LogP contribution in [0.15, 0.2) is 23.7 Å². The highest BCUT2D eigenvalue weighted by Gasteiger charge is 2.06. The molecule has 0 N–H and O–H groups in total. The van der Waals surface area contributed by atoms with Crippen molar-refractivity contribution in [2.45, 2.75) is 12.8 Å². The Morgan fingerprint density at radius 1 is 1.67 bits per heavy atom. The van der Waals surface area contributed by atoms with E-state index in [0.717, 1.165) is 6.42 Å². The Kier molecular flexibility index (Phi) is 1.88. The summed E-state index contributed by atoms with van der Waals surface area (Å²) >= 11 is 0. The van der Waals surface area contributed by atoms with E-state index in [-0.39, 0.29) is 5.83 Å². The van der Waals surface area contributed by atoms with Crippen molar-refractivity contribution in [2.24, 2.45) is 0 Å². The Balaban J connectivity index is 2.72. The Morgan fingerprint density at radius 3 is 2.89 bits per heavy atom. The third-order valence-electron chi connectivity index (χ3n) is 1.32. The second-order valence-electron chi connectivity index (χ2n) is 1.92. The van der Waals surface area contributed by atoms with Crippen LogP contribution >= 0.6 is 0 Å². The Morgan fingerprint density at radius 2 is 2.44 bits per heavy atom. The standard InChI is InChI=1S/C7H9FO/c1-9-7-5-3-2-4-6(7)8/h2,4H,3,5H2,1H3. The molecular formula is C7H9FO. The molecule has 0 aromatic rings. The monoisotopic (exact) mass is 128 g/mol. The van der Waals surface area contributed by atoms with Crippen LogP contribution in [0.4, 0.5) is 4.39 Å². The van der Waals surface area contributed by atoms with Gasteiger partial charge in [0.15, 0.2) is 5.83 Å². The van der Waals surface area contributed by atoms with Gasteiger partial charge in [-0.3, -0.25) is 0 Å². The summed E-state index contributed by atoms with van der Waals surface area (Å²) in [7, 11) is 1.49. The Labute approximate surface area is 53.8 Å². The van der Waals surface area contributed by atoms with Gasteiger partial charge in [0.05, 0.1) is 7.11 Å². The van der Waals surface area contributed by atoms with Crippen molar-refractivity contribution in [3.8, 4) is 0 Å². The highest BCUT2D eigenvalue weighted by atomic mass is 19.1. The maximum atomic E-state index is 12.5. The molecule has 2 heteroatoms. The Hall–Kier alpha value is -0.790. The third kappa shape index (κ3) is 1.31. The van der Waals surface area contributed by atoms with Crippen molar-refractivity contribution in [1.29, 1.82) is 0 Å². The quantitative estimate of drug-likeness (QED) is 0.525. The molecule has 50 valence electrons. The van der Waals surface area contributed by atoms with Gasteiger partial charge in [-0.15, -0.1) is 0 Å². The van der Waals surface area contributed by atoms with E-state index >= 15 is 0 Å². The summed E-state index contributed by atoms with van der Waals surface area (Å²) in [5.41, 5.74) is 0. The minimum Gasteiger partial charge on any atom is -0.498 e. The maximum Gasteiger partial charge on any atom is 0.160 e. The molecule has 0 radical (unpaired) electrons. The number of allylic oxidation sites excluding steroid dienone is 4. The van der Waals surface area contributed by atoms with Crippen LogP contribution in [0.2, 0.25) is 0 Å². The molecule has 0 unspecified atom stereocenters. The fraction of sp³-hybridized carbons (Fsp3) is 0.429. The number of methoxy groups -OCH3 is 1. The largest absolute Gasteiger partial charge is 0.498 e. The zero-order valence-electron chi connectivity index (χ0n) is 5.36. The zero-order valence-corrected chi connectivity index (χ0v) is 5.36. The van der Waals surface area contributed by atoms with E-state index in [1.807, 2.05) is 0 Å². The van der Waals surface area contributed by atoms with Gasteiger partial charge in [-0.2, -0.15) is 0 Å². The number of hydrogen-bond donors (Lipinski definition) is 0. The molecule has 9 heavy (non-hydrogen) atoms. The van der Waals surface area contributed by atoms with Gasteiger partial charge in [-0.1, -0.05) is 6.08 Å². The van der Waals surface area contributed by atoms with E-state index in [1.165, 1.54) is 13.2 Å². The van der Waals surface area contributed by atoms with Crippen molar-refractivity contribution in [3.63, 3.8) is 0 Å². The van der Waals surface area contributed by atoms with Crippen LogP contribution in [0.3, 0.4) is 0 Å². The summed E-state index contributed by atoms with van der Waals surface area (Å²) in [5, 5.41) is 0. The van der Waals surface area contributed by atoms with Crippen LogP contribution < -0.4 is 0 Å². The second-order valence-corrected chi connectivity index (χ2v) is 1.92. The fourth-order valence-corrected chi connectivity index (χ4v) is 0.813. The van der Waals surface area contributed by atoms with E-state index in [1.54, 1.807) is 6.08 Å². The number of ether oxygens (including phenoxy) is 1. The molecule has 0 atom stereocenters. The van der Waals surface area contributed by atoms with Gasteiger partial charge in [0.25, 0.3) is 0 Å². The van der Waals surface area contributed by atoms with Crippen molar-refractivity contribution in [2.75, 3.05) is 7.11 Å². The highest BCUT2D eigenvalue weighted by molar-refractivity contribution is 5.19. The first-order valence-corrected chi connectivity index (χ1v) is 2.94. The zero-order chi connectivity index (χ0) is 6.69. The lowest BCUT2D eigenvalue weighted by molar-refractivity contribution is 0.262. The molecule has 0 saturated heterocycles. The van der Waals surface area contributed by atoms with Gasteiger partial charge in [0.2, 0.25) is 0 Å². The molecule has 0 amide bonds. The van der Waals surface area contributed by atoms with Gasteiger partial charge >= 0.3 is 0 Å². The molecule has 0 heterocycles. The molecule has 0 fully saturated rings. The number of rotatable bonds is 1. The van der Waals surface area contributed by atoms with Crippen molar-refractivity contribution in [1.82, 2.24) is 0 Å². The molecule has 1 aliphatic rings. The average molecular weight is 128 g/mol. The predicted molar refractivity (Wildman–Crippen MR) is 33.5 cm³/mol. The normalized spacial score (nSPS) is 18.4. The first-order valence-electron chi connectivity index (χ1n) is 2.94. The van der Waals surface area contributed by atoms with Crippen LogP contribution in [0, 0.1) is 0 Å². The maximum absolute atomic E-state index is 12.5. The van der Waals surface area contributed by atoms with Crippen molar-refractivity contribution in [3.05, 3.63) is 23.7 Å². The molecule has 0 aromatic heterocycles. The first kappa shape index (κ1) is 6.33. The van der Waals surface area contributed by atoms with Crippen molar-refractivity contribution < 1.29 is 9.13 Å². The van der Waals surface area contributed by atoms with Gasteiger partial charge in [-0.25, -0.2) is 4.39 Å². The topological polar surface area (TPSA) is 9.23 Å². The van der Waals surface area contributed by atoms with E-state index in [4.69, 9.17) is 4.74 Å². The third-order valence-corrected chi connectivity index (χ3v) is 1.32. The SMILES string of the molecule is COC1=C(F)C=CCC1. The minimum atomic E-state index is -0.233. The van der Waals surface area contributed by atoms with E-state index < -0.39 is 0 Å². The summed E-state index contributed by atoms with van der Waals surface area (Å²) < 4.78 is 17.3. The lowest BCUT2D eigenvalue weighted by Gasteiger charge is -2.07. The summed E-state index contributed by atoms with van der Waals surface area (Å²) in [6.07, 6.45) is 4.83.